The van der Waals surface area contributed by atoms with Gasteiger partial charge in [-0.1, -0.05) is 24.3 Å². The molecule has 0 saturated heterocycles. The summed E-state index contributed by atoms with van der Waals surface area (Å²) in [4.78, 5) is 10.1. The number of halogens is 2. The third-order valence-corrected chi connectivity index (χ3v) is 3.52. The maximum Gasteiger partial charge on any atom is 0.293 e. The van der Waals surface area contributed by atoms with E-state index in [1.54, 1.807) is 31.2 Å². The van der Waals surface area contributed by atoms with Gasteiger partial charge in [0.25, 0.3) is 6.47 Å². The molecule has 0 aliphatic rings. The zero-order valence-corrected chi connectivity index (χ0v) is 12.1. The largest absolute Gasteiger partial charge is 0.468 e. The van der Waals surface area contributed by atoms with Crippen LogP contribution in [0.3, 0.4) is 0 Å². The Kier molecular flexibility index (Phi) is 4.88. The van der Waals surface area contributed by atoms with Crippen LogP contribution in [0.4, 0.5) is 8.78 Å². The van der Waals surface area contributed by atoms with Gasteiger partial charge in [0.2, 0.25) is 0 Å². The van der Waals surface area contributed by atoms with Crippen molar-refractivity contribution in [3.63, 3.8) is 0 Å². The monoisotopic (exact) mass is 306 g/mol. The Morgan fingerprint density at radius 1 is 1.18 bits per heavy atom. The fourth-order valence-corrected chi connectivity index (χ4v) is 2.18. The van der Waals surface area contributed by atoms with E-state index in [9.17, 15) is 18.7 Å². The van der Waals surface area contributed by atoms with E-state index in [0.717, 1.165) is 6.07 Å². The predicted octanol–water partition coefficient (Wildman–Crippen LogP) is 3.40. The molecule has 1 unspecified atom stereocenters. The van der Waals surface area contributed by atoms with Gasteiger partial charge in [-0.2, -0.15) is 0 Å². The zero-order valence-electron chi connectivity index (χ0n) is 12.1. The molecule has 5 heteroatoms. The quantitative estimate of drug-likeness (QED) is 0.657. The number of benzene rings is 2. The van der Waals surface area contributed by atoms with E-state index in [1.807, 2.05) is 0 Å². The third kappa shape index (κ3) is 3.68. The number of hydrogen-bond donors (Lipinski definition) is 1. The van der Waals surface area contributed by atoms with Gasteiger partial charge in [0.05, 0.1) is 12.2 Å². The van der Waals surface area contributed by atoms with Crippen LogP contribution in [0.2, 0.25) is 0 Å². The Hall–Kier alpha value is -2.27. The van der Waals surface area contributed by atoms with Crippen molar-refractivity contribution >= 4 is 6.47 Å². The van der Waals surface area contributed by atoms with Crippen molar-refractivity contribution in [2.24, 2.45) is 0 Å². The number of ether oxygens (including phenoxy) is 1. The second-order valence-corrected chi connectivity index (χ2v) is 5.19. The molecule has 1 atom stereocenters. The summed E-state index contributed by atoms with van der Waals surface area (Å²) in [5.41, 5.74) is 0.328. The molecule has 0 aromatic heterocycles. The molecule has 3 nitrogen and oxygen atoms in total. The van der Waals surface area contributed by atoms with Crippen LogP contribution in [0, 0.1) is 11.6 Å². The molecule has 2 aromatic carbocycles. The summed E-state index contributed by atoms with van der Waals surface area (Å²) in [5, 5.41) is 10.3. The molecule has 1 N–H and O–H groups in total. The van der Waals surface area contributed by atoms with Gasteiger partial charge < -0.3 is 9.84 Å². The van der Waals surface area contributed by atoms with Crippen LogP contribution in [0.25, 0.3) is 11.1 Å². The van der Waals surface area contributed by atoms with Gasteiger partial charge in [0.1, 0.15) is 11.6 Å². The molecule has 116 valence electrons. The Balaban J connectivity index is 2.21. The summed E-state index contributed by atoms with van der Waals surface area (Å²) in [5.74, 6) is -1.27. The summed E-state index contributed by atoms with van der Waals surface area (Å²) in [6.07, 6.45) is 0.246. The lowest BCUT2D eigenvalue weighted by Crippen LogP contribution is -2.23. The summed E-state index contributed by atoms with van der Waals surface area (Å²) in [7, 11) is 0. The molecule has 2 rings (SSSR count). The molecular weight excluding hydrogens is 290 g/mol. The van der Waals surface area contributed by atoms with E-state index in [2.05, 4.69) is 4.74 Å². The van der Waals surface area contributed by atoms with E-state index in [0.29, 0.717) is 17.6 Å². The van der Waals surface area contributed by atoms with Crippen molar-refractivity contribution in [2.45, 2.75) is 18.9 Å². The van der Waals surface area contributed by atoms with E-state index < -0.39 is 17.2 Å². The van der Waals surface area contributed by atoms with Gasteiger partial charge in [-0.25, -0.2) is 8.78 Å². The minimum absolute atomic E-state index is 0.102. The summed E-state index contributed by atoms with van der Waals surface area (Å²) < 4.78 is 31.2. The summed E-state index contributed by atoms with van der Waals surface area (Å²) in [6.45, 7) is 2.04. The highest BCUT2D eigenvalue weighted by Crippen LogP contribution is 2.28. The van der Waals surface area contributed by atoms with Crippen LogP contribution >= 0.6 is 0 Å². The minimum atomic E-state index is -1.16. The van der Waals surface area contributed by atoms with Gasteiger partial charge in [-0.3, -0.25) is 4.79 Å². The van der Waals surface area contributed by atoms with Crippen LogP contribution < -0.4 is 0 Å². The molecule has 0 radical (unpaired) electrons. The second-order valence-electron chi connectivity index (χ2n) is 5.19. The van der Waals surface area contributed by atoms with Crippen LogP contribution in [0.15, 0.2) is 42.5 Å². The van der Waals surface area contributed by atoms with Gasteiger partial charge in [-0.05, 0) is 30.2 Å². The molecule has 0 aliphatic carbocycles. The van der Waals surface area contributed by atoms with E-state index in [-0.39, 0.29) is 18.6 Å². The zero-order chi connectivity index (χ0) is 16.2. The summed E-state index contributed by atoms with van der Waals surface area (Å²) >= 11 is 0. The average Bonchev–Trinajstić information content (AvgIpc) is 2.47. The molecular formula is C17H16F2O3. The fourth-order valence-electron chi connectivity index (χ4n) is 2.18. The third-order valence-electron chi connectivity index (χ3n) is 3.52. The van der Waals surface area contributed by atoms with Crippen molar-refractivity contribution in [3.8, 4) is 11.1 Å². The van der Waals surface area contributed by atoms with Crippen LogP contribution in [0.1, 0.15) is 18.9 Å². The molecule has 0 fully saturated rings. The highest BCUT2D eigenvalue weighted by Gasteiger charge is 2.23. The van der Waals surface area contributed by atoms with Gasteiger partial charge in [0, 0.05) is 18.1 Å². The number of rotatable bonds is 6. The maximum atomic E-state index is 13.7. The number of carbonyl (C=O) groups is 1. The Labute approximate surface area is 127 Å². The highest BCUT2D eigenvalue weighted by molar-refractivity contribution is 5.64. The Morgan fingerprint density at radius 2 is 1.86 bits per heavy atom. The van der Waals surface area contributed by atoms with E-state index >= 15 is 0 Å². The molecule has 0 amide bonds. The first-order chi connectivity index (χ1) is 10.4. The molecule has 0 spiro atoms. The SMILES string of the molecule is CC(O)(CCOC=O)c1ccc(-c2ccc(F)cc2F)cc1. The van der Waals surface area contributed by atoms with Crippen molar-refractivity contribution in [3.05, 3.63) is 59.7 Å². The van der Waals surface area contributed by atoms with Crippen LogP contribution in [0.5, 0.6) is 0 Å². The fraction of sp³-hybridized carbons (Fsp3) is 0.235. The second kappa shape index (κ2) is 6.66. The van der Waals surface area contributed by atoms with Crippen LogP contribution in [-0.4, -0.2) is 18.2 Å². The normalized spacial score (nSPS) is 13.5. The van der Waals surface area contributed by atoms with Gasteiger partial charge >= 0.3 is 0 Å². The van der Waals surface area contributed by atoms with E-state index in [4.69, 9.17) is 0 Å². The van der Waals surface area contributed by atoms with Crippen molar-refractivity contribution in [2.75, 3.05) is 6.61 Å². The highest BCUT2D eigenvalue weighted by atomic mass is 19.1. The maximum absolute atomic E-state index is 13.7. The topological polar surface area (TPSA) is 46.5 Å². The molecule has 22 heavy (non-hydrogen) atoms. The lowest BCUT2D eigenvalue weighted by Gasteiger charge is -2.23. The Bertz CT molecular complexity index is 651. The van der Waals surface area contributed by atoms with Crippen molar-refractivity contribution < 1.29 is 23.4 Å². The van der Waals surface area contributed by atoms with Crippen molar-refractivity contribution in [1.82, 2.24) is 0 Å². The van der Waals surface area contributed by atoms with Gasteiger partial charge in [-0.15, -0.1) is 0 Å². The van der Waals surface area contributed by atoms with Crippen molar-refractivity contribution in [1.29, 1.82) is 0 Å². The summed E-state index contributed by atoms with van der Waals surface area (Å²) in [6, 6.07) is 10.0. The van der Waals surface area contributed by atoms with Crippen LogP contribution in [-0.2, 0) is 15.1 Å². The average molecular weight is 306 g/mol. The number of hydrogen-bond acceptors (Lipinski definition) is 3. The molecule has 0 bridgehead atoms. The number of carbonyl (C=O) groups excluding carboxylic acids is 1. The first kappa shape index (κ1) is 16.1. The predicted molar refractivity (Wildman–Crippen MR) is 78.0 cm³/mol. The Morgan fingerprint density at radius 3 is 2.45 bits per heavy atom. The molecule has 0 aliphatic heterocycles. The lowest BCUT2D eigenvalue weighted by molar-refractivity contribution is -0.130. The van der Waals surface area contributed by atoms with E-state index in [1.165, 1.54) is 12.1 Å². The first-order valence-electron chi connectivity index (χ1n) is 6.77. The van der Waals surface area contributed by atoms with Gasteiger partial charge in [0.15, 0.2) is 0 Å². The minimum Gasteiger partial charge on any atom is -0.468 e. The number of aliphatic hydroxyl groups is 1. The lowest BCUT2D eigenvalue weighted by atomic mass is 9.91. The molecule has 0 heterocycles. The molecule has 2 aromatic rings. The standard InChI is InChI=1S/C17H16F2O3/c1-17(21,8-9-22-11-20)13-4-2-12(3-5-13)15-7-6-14(18)10-16(15)19/h2-7,10-11,21H,8-9H2,1H3. The molecule has 0 saturated carbocycles. The first-order valence-corrected chi connectivity index (χ1v) is 6.77. The smallest absolute Gasteiger partial charge is 0.293 e.